The van der Waals surface area contributed by atoms with Crippen LogP contribution < -0.4 is 10.1 Å². The second-order valence-electron chi connectivity index (χ2n) is 6.40. The summed E-state index contributed by atoms with van der Waals surface area (Å²) in [5, 5.41) is 7.08. The molecule has 1 aliphatic heterocycles. The molecule has 1 N–H and O–H groups in total. The molecule has 0 radical (unpaired) electrons. The summed E-state index contributed by atoms with van der Waals surface area (Å²) < 4.78 is 7.48. The molecule has 0 spiro atoms. The Bertz CT molecular complexity index is 674. The Hall–Kier alpha value is -2.41. The fourth-order valence-electron chi connectivity index (χ4n) is 3.16. The van der Waals surface area contributed by atoms with E-state index >= 15 is 0 Å². The summed E-state index contributed by atoms with van der Waals surface area (Å²) in [5.74, 6) is 0.875. The van der Waals surface area contributed by atoms with Gasteiger partial charge in [-0.25, -0.2) is 4.98 Å². The van der Waals surface area contributed by atoms with Crippen LogP contribution in [-0.4, -0.2) is 57.9 Å². The third kappa shape index (κ3) is 5.29. The van der Waals surface area contributed by atoms with E-state index in [9.17, 15) is 4.79 Å². The number of hydrogen-bond acceptors (Lipinski definition) is 5. The van der Waals surface area contributed by atoms with E-state index in [0.29, 0.717) is 25.7 Å². The van der Waals surface area contributed by atoms with E-state index in [1.54, 1.807) is 12.7 Å². The zero-order valence-electron chi connectivity index (χ0n) is 14.6. The Kier molecular flexibility index (Phi) is 6.00. The number of benzene rings is 1. The third-order valence-corrected chi connectivity index (χ3v) is 4.39. The molecule has 7 nitrogen and oxygen atoms in total. The summed E-state index contributed by atoms with van der Waals surface area (Å²) in [5.41, 5.74) is 1.16. The molecular weight excluding hydrogens is 318 g/mol. The molecule has 1 fully saturated rings. The Morgan fingerprint density at radius 3 is 3.16 bits per heavy atom. The summed E-state index contributed by atoms with van der Waals surface area (Å²) in [6.45, 7) is 5.16. The number of carbonyl (C=O) groups excluding carboxylic acids is 1. The molecule has 1 atom stereocenters. The van der Waals surface area contributed by atoms with Crippen LogP contribution in [0.2, 0.25) is 0 Å². The number of ether oxygens (including phenoxy) is 1. The van der Waals surface area contributed by atoms with Crippen molar-refractivity contribution in [1.82, 2.24) is 25.0 Å². The first-order chi connectivity index (χ1) is 12.2. The van der Waals surface area contributed by atoms with Crippen molar-refractivity contribution in [3.8, 4) is 5.75 Å². The minimum absolute atomic E-state index is 0.0401. The number of carbonyl (C=O) groups is 1. The lowest BCUT2D eigenvalue weighted by Gasteiger charge is -2.23. The average Bonchev–Trinajstić information content (AvgIpc) is 3.25. The standard InChI is InChI=1S/C18H25N5O2/c1-15-4-2-6-17(10-15)25-9-7-20-18(24)12-22-8-3-5-16(22)11-23-14-19-13-21-23/h2,4,6,10,13-14,16H,3,5,7-9,11-12H2,1H3,(H,20,24)/t16-/m0/s1. The van der Waals surface area contributed by atoms with Gasteiger partial charge >= 0.3 is 0 Å². The number of aromatic nitrogens is 3. The summed E-state index contributed by atoms with van der Waals surface area (Å²) in [6, 6.07) is 8.25. The molecule has 134 valence electrons. The smallest absolute Gasteiger partial charge is 0.234 e. The van der Waals surface area contributed by atoms with Crippen LogP contribution in [-0.2, 0) is 11.3 Å². The first-order valence-electron chi connectivity index (χ1n) is 8.73. The molecule has 2 heterocycles. The van der Waals surface area contributed by atoms with Crippen molar-refractivity contribution < 1.29 is 9.53 Å². The molecule has 0 aliphatic carbocycles. The number of nitrogens with zero attached hydrogens (tertiary/aromatic N) is 4. The van der Waals surface area contributed by atoms with Crippen molar-refractivity contribution in [2.75, 3.05) is 26.2 Å². The van der Waals surface area contributed by atoms with Gasteiger partial charge in [-0.2, -0.15) is 5.10 Å². The van der Waals surface area contributed by atoms with Crippen LogP contribution in [0.25, 0.3) is 0 Å². The lowest BCUT2D eigenvalue weighted by atomic mass is 10.2. The number of rotatable bonds is 8. The van der Waals surface area contributed by atoms with E-state index in [0.717, 1.165) is 37.2 Å². The molecule has 1 amide bonds. The van der Waals surface area contributed by atoms with Crippen molar-refractivity contribution in [3.63, 3.8) is 0 Å². The van der Waals surface area contributed by atoms with Gasteiger partial charge in [0.25, 0.3) is 0 Å². The van der Waals surface area contributed by atoms with E-state index < -0.39 is 0 Å². The van der Waals surface area contributed by atoms with Gasteiger partial charge in [0.05, 0.1) is 19.6 Å². The first kappa shape index (κ1) is 17.4. The van der Waals surface area contributed by atoms with Gasteiger partial charge in [0.1, 0.15) is 25.0 Å². The molecule has 25 heavy (non-hydrogen) atoms. The molecule has 1 aromatic carbocycles. The third-order valence-electron chi connectivity index (χ3n) is 4.39. The molecule has 1 aliphatic rings. The molecule has 1 saturated heterocycles. The van der Waals surface area contributed by atoms with Gasteiger partial charge < -0.3 is 10.1 Å². The minimum Gasteiger partial charge on any atom is -0.492 e. The van der Waals surface area contributed by atoms with Crippen LogP contribution in [0.4, 0.5) is 0 Å². The highest BCUT2D eigenvalue weighted by Crippen LogP contribution is 2.18. The Morgan fingerprint density at radius 2 is 2.36 bits per heavy atom. The largest absolute Gasteiger partial charge is 0.492 e. The van der Waals surface area contributed by atoms with Gasteiger partial charge in [-0.05, 0) is 44.0 Å². The Labute approximate surface area is 148 Å². The normalized spacial score (nSPS) is 17.6. The van der Waals surface area contributed by atoms with Crippen LogP contribution >= 0.6 is 0 Å². The Balaban J connectivity index is 1.37. The number of likely N-dealkylation sites (tertiary alicyclic amines) is 1. The summed E-state index contributed by atoms with van der Waals surface area (Å²) >= 11 is 0. The molecule has 0 bridgehead atoms. The first-order valence-corrected chi connectivity index (χ1v) is 8.73. The van der Waals surface area contributed by atoms with E-state index in [1.165, 1.54) is 0 Å². The van der Waals surface area contributed by atoms with E-state index in [1.807, 2.05) is 35.9 Å². The zero-order valence-corrected chi connectivity index (χ0v) is 14.6. The van der Waals surface area contributed by atoms with E-state index in [-0.39, 0.29) is 5.91 Å². The number of nitrogens with one attached hydrogen (secondary N) is 1. The maximum absolute atomic E-state index is 12.2. The lowest BCUT2D eigenvalue weighted by Crippen LogP contribution is -2.42. The predicted molar refractivity (Wildman–Crippen MR) is 94.3 cm³/mol. The van der Waals surface area contributed by atoms with Crippen LogP contribution in [0.1, 0.15) is 18.4 Å². The van der Waals surface area contributed by atoms with Gasteiger partial charge in [-0.1, -0.05) is 12.1 Å². The number of aryl methyl sites for hydroxylation is 1. The molecule has 1 aromatic heterocycles. The van der Waals surface area contributed by atoms with Crippen molar-refractivity contribution in [2.45, 2.75) is 32.4 Å². The predicted octanol–water partition coefficient (Wildman–Crippen LogP) is 1.25. The number of hydrogen-bond donors (Lipinski definition) is 1. The summed E-state index contributed by atoms with van der Waals surface area (Å²) in [4.78, 5) is 18.4. The second kappa shape index (κ2) is 8.62. The highest BCUT2D eigenvalue weighted by atomic mass is 16.5. The molecule has 0 unspecified atom stereocenters. The zero-order chi connectivity index (χ0) is 17.5. The van der Waals surface area contributed by atoms with Gasteiger partial charge in [0.2, 0.25) is 5.91 Å². The molecule has 2 aromatic rings. The second-order valence-corrected chi connectivity index (χ2v) is 6.40. The van der Waals surface area contributed by atoms with Crippen LogP contribution in [0.3, 0.4) is 0 Å². The fourth-order valence-corrected chi connectivity index (χ4v) is 3.16. The average molecular weight is 343 g/mol. The van der Waals surface area contributed by atoms with Crippen molar-refractivity contribution >= 4 is 5.91 Å². The molecular formula is C18H25N5O2. The quantitative estimate of drug-likeness (QED) is 0.730. The van der Waals surface area contributed by atoms with E-state index in [4.69, 9.17) is 4.74 Å². The topological polar surface area (TPSA) is 72.3 Å². The van der Waals surface area contributed by atoms with E-state index in [2.05, 4.69) is 20.3 Å². The summed E-state index contributed by atoms with van der Waals surface area (Å²) in [7, 11) is 0. The van der Waals surface area contributed by atoms with Crippen molar-refractivity contribution in [1.29, 1.82) is 0 Å². The molecule has 0 saturated carbocycles. The van der Waals surface area contributed by atoms with Gasteiger partial charge in [0, 0.05) is 6.04 Å². The fraction of sp³-hybridized carbons (Fsp3) is 0.500. The highest BCUT2D eigenvalue weighted by molar-refractivity contribution is 5.78. The van der Waals surface area contributed by atoms with Crippen molar-refractivity contribution in [2.24, 2.45) is 0 Å². The summed E-state index contributed by atoms with van der Waals surface area (Å²) in [6.07, 6.45) is 5.46. The van der Waals surface area contributed by atoms with Gasteiger partial charge in [-0.15, -0.1) is 0 Å². The van der Waals surface area contributed by atoms with Gasteiger partial charge in [-0.3, -0.25) is 14.4 Å². The maximum atomic E-state index is 12.2. The number of amides is 1. The monoisotopic (exact) mass is 343 g/mol. The van der Waals surface area contributed by atoms with Crippen LogP contribution in [0.5, 0.6) is 5.75 Å². The van der Waals surface area contributed by atoms with Crippen LogP contribution in [0, 0.1) is 6.92 Å². The molecule has 7 heteroatoms. The SMILES string of the molecule is Cc1cccc(OCCNC(=O)CN2CCC[C@H]2Cn2cncn2)c1. The van der Waals surface area contributed by atoms with Gasteiger partial charge in [0.15, 0.2) is 0 Å². The maximum Gasteiger partial charge on any atom is 0.234 e. The Morgan fingerprint density at radius 1 is 1.44 bits per heavy atom. The molecule has 3 rings (SSSR count). The minimum atomic E-state index is 0.0401. The highest BCUT2D eigenvalue weighted by Gasteiger charge is 2.26. The van der Waals surface area contributed by atoms with Crippen LogP contribution in [0.15, 0.2) is 36.9 Å². The lowest BCUT2D eigenvalue weighted by molar-refractivity contribution is -0.122. The van der Waals surface area contributed by atoms with Crippen molar-refractivity contribution in [3.05, 3.63) is 42.5 Å².